The lowest BCUT2D eigenvalue weighted by Gasteiger charge is -2.29. The van der Waals surface area contributed by atoms with Crippen LogP contribution in [0, 0.1) is 0 Å². The van der Waals surface area contributed by atoms with Gasteiger partial charge in [0.1, 0.15) is 0 Å². The van der Waals surface area contributed by atoms with E-state index in [1.807, 2.05) is 12.1 Å². The van der Waals surface area contributed by atoms with E-state index in [1.165, 1.54) is 33.3 Å². The number of rotatable bonds is 2. The number of halogens is 2. The first-order valence-corrected chi connectivity index (χ1v) is 11.6. The lowest BCUT2D eigenvalue weighted by atomic mass is 9.82. The molecule has 2 nitrogen and oxygen atoms in total. The summed E-state index contributed by atoms with van der Waals surface area (Å²) in [5.74, 6) is 0.209. The lowest BCUT2D eigenvalue weighted by molar-refractivity contribution is -0.692. The minimum absolute atomic E-state index is 0.150. The molecule has 0 unspecified atom stereocenters. The summed E-state index contributed by atoms with van der Waals surface area (Å²) in [5.41, 5.74) is 7.76. The van der Waals surface area contributed by atoms with Crippen LogP contribution in [0.1, 0.15) is 60.7 Å². The van der Waals surface area contributed by atoms with E-state index in [2.05, 4.69) is 85.7 Å². The molecule has 0 saturated carbocycles. The lowest BCUT2D eigenvalue weighted by Crippen LogP contribution is -2.88. The number of aromatic amines is 1. The van der Waals surface area contributed by atoms with Crippen molar-refractivity contribution in [3.63, 3.8) is 0 Å². The van der Waals surface area contributed by atoms with Crippen molar-refractivity contribution in [3.8, 4) is 0 Å². The van der Waals surface area contributed by atoms with Gasteiger partial charge in [0.05, 0.1) is 18.2 Å². The molecular formula is C27H27Cl2N2+. The van der Waals surface area contributed by atoms with Gasteiger partial charge in [0.25, 0.3) is 0 Å². The largest absolute Gasteiger partial charge is 0.353 e. The van der Waals surface area contributed by atoms with E-state index in [4.69, 9.17) is 23.2 Å². The Kier molecular flexibility index (Phi) is 5.13. The van der Waals surface area contributed by atoms with E-state index < -0.39 is 0 Å². The highest BCUT2D eigenvalue weighted by molar-refractivity contribution is 6.35. The normalized spacial score (nSPS) is 18.9. The standard InChI is InChI=1S/C27H26Cl2N2/c1-27(2,3)17-10-8-16(9-11-17)25-26-24(20-6-4-5-7-23(20)31-26)21(15-30-25)19-13-12-18(28)14-22(19)29/h4-14,21,25,30-31H,15H2,1-3H3/p+1/t21-,25-/m1/s1. The Bertz CT molecular complexity index is 1250. The molecule has 31 heavy (non-hydrogen) atoms. The predicted molar refractivity (Wildman–Crippen MR) is 130 cm³/mol. The van der Waals surface area contributed by atoms with Gasteiger partial charge in [-0.15, -0.1) is 0 Å². The second-order valence-corrected chi connectivity index (χ2v) is 10.4. The monoisotopic (exact) mass is 449 g/mol. The number of benzene rings is 3. The van der Waals surface area contributed by atoms with Gasteiger partial charge >= 0.3 is 0 Å². The van der Waals surface area contributed by atoms with Crippen molar-refractivity contribution in [2.45, 2.75) is 38.1 Å². The van der Waals surface area contributed by atoms with E-state index in [9.17, 15) is 0 Å². The Labute approximate surface area is 193 Å². The van der Waals surface area contributed by atoms with Gasteiger partial charge in [-0.3, -0.25) is 0 Å². The molecule has 4 aromatic rings. The second kappa shape index (κ2) is 7.70. The summed E-state index contributed by atoms with van der Waals surface area (Å²) >= 11 is 12.8. The minimum Gasteiger partial charge on any atom is -0.353 e. The number of hydrogen-bond donors (Lipinski definition) is 2. The van der Waals surface area contributed by atoms with Crippen LogP contribution < -0.4 is 5.32 Å². The van der Waals surface area contributed by atoms with Crippen LogP contribution in [0.25, 0.3) is 10.9 Å². The van der Waals surface area contributed by atoms with Crippen LogP contribution in [0.2, 0.25) is 10.0 Å². The molecule has 0 aliphatic carbocycles. The molecule has 0 spiro atoms. The highest BCUT2D eigenvalue weighted by Gasteiger charge is 2.36. The molecule has 0 bridgehead atoms. The zero-order valence-corrected chi connectivity index (χ0v) is 19.6. The van der Waals surface area contributed by atoms with Crippen LogP contribution in [0.4, 0.5) is 0 Å². The topological polar surface area (TPSA) is 32.4 Å². The van der Waals surface area contributed by atoms with Crippen LogP contribution >= 0.6 is 23.2 Å². The zero-order valence-electron chi connectivity index (χ0n) is 18.0. The number of hydrogen-bond acceptors (Lipinski definition) is 0. The Balaban J connectivity index is 1.64. The molecule has 0 saturated heterocycles. The predicted octanol–water partition coefficient (Wildman–Crippen LogP) is 6.57. The zero-order chi connectivity index (χ0) is 21.8. The molecular weight excluding hydrogens is 423 g/mol. The quantitative estimate of drug-likeness (QED) is 0.346. The highest BCUT2D eigenvalue weighted by atomic mass is 35.5. The number of nitrogens with two attached hydrogens (primary N) is 1. The van der Waals surface area contributed by atoms with Crippen LogP contribution in [-0.2, 0) is 5.41 Å². The van der Waals surface area contributed by atoms with E-state index in [0.717, 1.165) is 17.1 Å². The average molecular weight is 450 g/mol. The number of quaternary nitrogens is 1. The summed E-state index contributed by atoms with van der Waals surface area (Å²) < 4.78 is 0. The highest BCUT2D eigenvalue weighted by Crippen LogP contribution is 2.41. The van der Waals surface area contributed by atoms with Gasteiger partial charge in [-0.2, -0.15) is 0 Å². The molecule has 0 radical (unpaired) electrons. The van der Waals surface area contributed by atoms with E-state index in [1.54, 1.807) is 0 Å². The molecule has 1 aliphatic heterocycles. The Morgan fingerprint density at radius 1 is 0.935 bits per heavy atom. The molecule has 5 rings (SSSR count). The molecule has 4 heteroatoms. The first-order valence-electron chi connectivity index (χ1n) is 10.8. The van der Waals surface area contributed by atoms with Gasteiger partial charge in [-0.25, -0.2) is 0 Å². The summed E-state index contributed by atoms with van der Waals surface area (Å²) in [6, 6.07) is 23.8. The van der Waals surface area contributed by atoms with Gasteiger partial charge in [0.2, 0.25) is 0 Å². The van der Waals surface area contributed by atoms with Crippen molar-refractivity contribution in [1.29, 1.82) is 0 Å². The van der Waals surface area contributed by atoms with Crippen molar-refractivity contribution >= 4 is 34.1 Å². The first-order chi connectivity index (χ1) is 14.8. The first kappa shape index (κ1) is 20.6. The van der Waals surface area contributed by atoms with E-state index in [-0.39, 0.29) is 17.4 Å². The summed E-state index contributed by atoms with van der Waals surface area (Å²) in [4.78, 5) is 3.74. The van der Waals surface area contributed by atoms with Gasteiger partial charge < -0.3 is 10.3 Å². The van der Waals surface area contributed by atoms with Crippen molar-refractivity contribution in [2.75, 3.05) is 6.54 Å². The maximum absolute atomic E-state index is 6.65. The van der Waals surface area contributed by atoms with Gasteiger partial charge in [0.15, 0.2) is 6.04 Å². The molecule has 2 heterocycles. The molecule has 1 aromatic heterocycles. The van der Waals surface area contributed by atoms with Gasteiger partial charge in [0, 0.05) is 32.1 Å². The number of aromatic nitrogens is 1. The number of para-hydroxylation sites is 1. The summed E-state index contributed by atoms with van der Waals surface area (Å²) in [6.45, 7) is 7.70. The number of nitrogens with one attached hydrogen (secondary N) is 1. The van der Waals surface area contributed by atoms with Crippen LogP contribution in [0.5, 0.6) is 0 Å². The average Bonchev–Trinajstić information content (AvgIpc) is 3.13. The van der Waals surface area contributed by atoms with Crippen molar-refractivity contribution in [3.05, 3.63) is 105 Å². The van der Waals surface area contributed by atoms with Crippen molar-refractivity contribution in [1.82, 2.24) is 4.98 Å². The van der Waals surface area contributed by atoms with E-state index in [0.29, 0.717) is 5.02 Å². The fourth-order valence-electron chi connectivity index (χ4n) is 4.87. The maximum atomic E-state index is 6.65. The van der Waals surface area contributed by atoms with Crippen LogP contribution in [0.3, 0.4) is 0 Å². The Morgan fingerprint density at radius 3 is 2.39 bits per heavy atom. The third-order valence-electron chi connectivity index (χ3n) is 6.52. The smallest absolute Gasteiger partial charge is 0.153 e. The summed E-state index contributed by atoms with van der Waals surface area (Å²) in [6.07, 6.45) is 0. The molecule has 0 amide bonds. The van der Waals surface area contributed by atoms with Gasteiger partial charge in [-0.1, -0.05) is 92.5 Å². The molecule has 2 atom stereocenters. The minimum atomic E-state index is 0.150. The third kappa shape index (κ3) is 3.67. The molecule has 158 valence electrons. The van der Waals surface area contributed by atoms with Crippen molar-refractivity contribution < 1.29 is 5.32 Å². The fraction of sp³-hybridized carbons (Fsp3) is 0.259. The second-order valence-electron chi connectivity index (χ2n) is 9.54. The Hall–Kier alpha value is -2.26. The molecule has 3 N–H and O–H groups in total. The molecule has 3 aromatic carbocycles. The van der Waals surface area contributed by atoms with Crippen molar-refractivity contribution in [2.24, 2.45) is 0 Å². The SMILES string of the molecule is CC(C)(C)c1ccc([C@H]2[NH2+]C[C@H](c3ccc(Cl)cc3Cl)c3c2[nH]c2ccccc32)cc1. The maximum Gasteiger partial charge on any atom is 0.153 e. The molecule has 0 fully saturated rings. The number of fused-ring (bicyclic) bond motifs is 3. The molecule has 1 aliphatic rings. The summed E-state index contributed by atoms with van der Waals surface area (Å²) in [7, 11) is 0. The third-order valence-corrected chi connectivity index (χ3v) is 7.08. The van der Waals surface area contributed by atoms with Gasteiger partial charge in [-0.05, 0) is 34.7 Å². The van der Waals surface area contributed by atoms with Crippen LogP contribution in [-0.4, -0.2) is 11.5 Å². The van der Waals surface area contributed by atoms with Crippen LogP contribution in [0.15, 0.2) is 66.7 Å². The Morgan fingerprint density at radius 2 is 1.68 bits per heavy atom. The fourth-order valence-corrected chi connectivity index (χ4v) is 5.41. The van der Waals surface area contributed by atoms with E-state index >= 15 is 0 Å². The number of H-pyrrole nitrogens is 1. The summed E-state index contributed by atoms with van der Waals surface area (Å²) in [5, 5.41) is 5.11.